The maximum Gasteiger partial charge on any atom is 0.280 e. The van der Waals surface area contributed by atoms with Gasteiger partial charge in [0.1, 0.15) is 5.82 Å². The molecular formula is C22H24FN3O. The van der Waals surface area contributed by atoms with Gasteiger partial charge in [0.2, 0.25) is 0 Å². The first-order chi connectivity index (χ1) is 13.1. The number of hydrogen-bond donors (Lipinski definition) is 1. The normalized spacial score (nSPS) is 11.7. The summed E-state index contributed by atoms with van der Waals surface area (Å²) in [6, 6.07) is 16.0. The van der Waals surface area contributed by atoms with Crippen molar-refractivity contribution >= 4 is 5.71 Å². The van der Waals surface area contributed by atoms with Crippen LogP contribution in [0.1, 0.15) is 37.1 Å². The molecular weight excluding hydrogens is 341 g/mol. The van der Waals surface area contributed by atoms with Gasteiger partial charge in [0.15, 0.2) is 0 Å². The number of nitrogens with one attached hydrogen (secondary N) is 1. The van der Waals surface area contributed by atoms with Crippen molar-refractivity contribution in [1.29, 1.82) is 0 Å². The van der Waals surface area contributed by atoms with Gasteiger partial charge in [0, 0.05) is 18.0 Å². The molecule has 0 fully saturated rings. The monoisotopic (exact) mass is 365 g/mol. The van der Waals surface area contributed by atoms with E-state index in [0.29, 0.717) is 18.5 Å². The lowest BCUT2D eigenvalue weighted by atomic mass is 10.1. The van der Waals surface area contributed by atoms with E-state index in [2.05, 4.69) is 17.0 Å². The van der Waals surface area contributed by atoms with Crippen LogP contribution in [-0.4, -0.2) is 22.0 Å². The smallest absolute Gasteiger partial charge is 0.280 e. The molecule has 0 aliphatic carbocycles. The highest BCUT2D eigenvalue weighted by molar-refractivity contribution is 5.99. The second-order valence-electron chi connectivity index (χ2n) is 6.54. The molecule has 0 spiro atoms. The van der Waals surface area contributed by atoms with Crippen LogP contribution in [0, 0.1) is 5.82 Å². The minimum atomic E-state index is -0.239. The van der Waals surface area contributed by atoms with E-state index in [9.17, 15) is 9.18 Å². The van der Waals surface area contributed by atoms with E-state index in [4.69, 9.17) is 0 Å². The van der Waals surface area contributed by atoms with Crippen molar-refractivity contribution in [3.8, 4) is 5.69 Å². The Morgan fingerprint density at radius 2 is 1.78 bits per heavy atom. The molecule has 0 saturated heterocycles. The molecule has 3 aromatic rings. The van der Waals surface area contributed by atoms with Crippen LogP contribution in [0.3, 0.4) is 0 Å². The van der Waals surface area contributed by atoms with Crippen LogP contribution in [0.15, 0.2) is 64.4 Å². The lowest BCUT2D eigenvalue weighted by molar-refractivity contribution is 0.627. The van der Waals surface area contributed by atoms with Crippen molar-refractivity contribution in [2.24, 2.45) is 4.99 Å². The number of benzene rings is 2. The summed E-state index contributed by atoms with van der Waals surface area (Å²) in [5, 5.41) is 3.24. The average molecular weight is 365 g/mol. The van der Waals surface area contributed by atoms with Crippen LogP contribution in [0.25, 0.3) is 5.69 Å². The fourth-order valence-corrected chi connectivity index (χ4v) is 3.13. The van der Waals surface area contributed by atoms with Crippen LogP contribution in [0.5, 0.6) is 0 Å². The number of aromatic nitrogens is 2. The van der Waals surface area contributed by atoms with Gasteiger partial charge in [-0.1, -0.05) is 43.7 Å². The van der Waals surface area contributed by atoms with Gasteiger partial charge in [-0.3, -0.25) is 14.9 Å². The van der Waals surface area contributed by atoms with Gasteiger partial charge < -0.3 is 0 Å². The second kappa shape index (κ2) is 8.62. The predicted octanol–water partition coefficient (Wildman–Crippen LogP) is 4.31. The summed E-state index contributed by atoms with van der Waals surface area (Å²) in [4.78, 5) is 17.6. The highest BCUT2D eigenvalue weighted by Gasteiger charge is 2.17. The van der Waals surface area contributed by atoms with E-state index in [1.54, 1.807) is 16.8 Å². The van der Waals surface area contributed by atoms with E-state index in [1.807, 2.05) is 37.3 Å². The number of hydrogen-bond acceptors (Lipinski definition) is 2. The van der Waals surface area contributed by atoms with E-state index < -0.39 is 0 Å². The first-order valence-corrected chi connectivity index (χ1v) is 9.25. The zero-order valence-electron chi connectivity index (χ0n) is 15.7. The molecule has 1 N–H and O–H groups in total. The van der Waals surface area contributed by atoms with Crippen molar-refractivity contribution in [3.05, 3.63) is 87.6 Å². The van der Waals surface area contributed by atoms with Gasteiger partial charge >= 0.3 is 0 Å². The lowest BCUT2D eigenvalue weighted by Gasteiger charge is -2.02. The molecule has 0 saturated carbocycles. The van der Waals surface area contributed by atoms with Gasteiger partial charge in [0.05, 0.1) is 11.3 Å². The number of aryl methyl sites for hydroxylation is 1. The Kier molecular flexibility index (Phi) is 6.01. The third-order valence-electron chi connectivity index (χ3n) is 4.50. The van der Waals surface area contributed by atoms with Crippen LogP contribution in [0.2, 0.25) is 0 Å². The maximum absolute atomic E-state index is 13.0. The zero-order chi connectivity index (χ0) is 19.2. The average Bonchev–Trinajstić information content (AvgIpc) is 3.00. The van der Waals surface area contributed by atoms with Gasteiger partial charge in [-0.15, -0.1) is 0 Å². The minimum absolute atomic E-state index is 0.0762. The minimum Gasteiger partial charge on any atom is -0.294 e. The predicted molar refractivity (Wildman–Crippen MR) is 108 cm³/mol. The van der Waals surface area contributed by atoms with Crippen molar-refractivity contribution in [3.63, 3.8) is 0 Å². The summed E-state index contributed by atoms with van der Waals surface area (Å²) < 4.78 is 14.6. The topological polar surface area (TPSA) is 50.1 Å². The Hall–Kier alpha value is -2.95. The van der Waals surface area contributed by atoms with Crippen molar-refractivity contribution < 1.29 is 4.39 Å². The van der Waals surface area contributed by atoms with Crippen LogP contribution in [0.4, 0.5) is 4.39 Å². The first kappa shape index (κ1) is 18.8. The largest absolute Gasteiger partial charge is 0.294 e. The number of aliphatic imine (C=N–C) groups is 1. The summed E-state index contributed by atoms with van der Waals surface area (Å²) in [7, 11) is 0. The van der Waals surface area contributed by atoms with Crippen LogP contribution < -0.4 is 5.56 Å². The van der Waals surface area contributed by atoms with Gasteiger partial charge in [-0.25, -0.2) is 9.07 Å². The summed E-state index contributed by atoms with van der Waals surface area (Å²) in [6.45, 7) is 4.52. The summed E-state index contributed by atoms with van der Waals surface area (Å²) in [5.41, 5.74) is 4.06. The third kappa shape index (κ3) is 4.42. The summed E-state index contributed by atoms with van der Waals surface area (Å²) in [6.07, 6.45) is 2.43. The third-order valence-corrected chi connectivity index (χ3v) is 4.50. The van der Waals surface area contributed by atoms with E-state index in [0.717, 1.165) is 35.5 Å². The van der Waals surface area contributed by atoms with Gasteiger partial charge in [0.25, 0.3) is 5.56 Å². The fourth-order valence-electron chi connectivity index (χ4n) is 3.13. The molecule has 0 aliphatic heterocycles. The number of rotatable bonds is 7. The van der Waals surface area contributed by atoms with E-state index >= 15 is 0 Å². The Morgan fingerprint density at radius 1 is 1.07 bits per heavy atom. The van der Waals surface area contributed by atoms with Crippen molar-refractivity contribution in [2.45, 2.75) is 33.1 Å². The highest BCUT2D eigenvalue weighted by atomic mass is 19.1. The molecule has 140 valence electrons. The van der Waals surface area contributed by atoms with Crippen molar-refractivity contribution in [1.82, 2.24) is 9.78 Å². The van der Waals surface area contributed by atoms with Crippen LogP contribution in [-0.2, 0) is 12.8 Å². The zero-order valence-corrected chi connectivity index (χ0v) is 15.7. The molecule has 0 radical (unpaired) electrons. The molecule has 1 aromatic heterocycles. The Morgan fingerprint density at radius 3 is 2.44 bits per heavy atom. The number of H-pyrrole nitrogens is 1. The Labute approximate surface area is 158 Å². The fraction of sp³-hybridized carbons (Fsp3) is 0.273. The molecule has 3 rings (SSSR count). The van der Waals surface area contributed by atoms with E-state index in [-0.39, 0.29) is 11.4 Å². The SMILES string of the molecule is CCCc1[nH]n(-c2ccccc2)c(=O)c1C(C)=NCCc1ccc(F)cc1. The number of nitrogens with zero attached hydrogens (tertiary/aromatic N) is 2. The first-order valence-electron chi connectivity index (χ1n) is 9.25. The standard InChI is InChI=1S/C22H24FN3O/c1-3-7-20-21(22(27)26(25-20)19-8-5-4-6-9-19)16(2)24-15-14-17-10-12-18(23)13-11-17/h4-6,8-13,25H,3,7,14-15H2,1-2H3. The Bertz CT molecular complexity index is 969. The molecule has 27 heavy (non-hydrogen) atoms. The molecule has 0 aliphatic rings. The quantitative estimate of drug-likeness (QED) is 0.623. The number of halogens is 1. The second-order valence-corrected chi connectivity index (χ2v) is 6.54. The molecule has 0 unspecified atom stereocenters. The van der Waals surface area contributed by atoms with Crippen molar-refractivity contribution in [2.75, 3.05) is 6.54 Å². The maximum atomic E-state index is 13.0. The molecule has 0 bridgehead atoms. The lowest BCUT2D eigenvalue weighted by Crippen LogP contribution is -2.20. The molecule has 0 amide bonds. The molecule has 1 heterocycles. The number of aromatic amines is 1. The van der Waals surface area contributed by atoms with Gasteiger partial charge in [-0.2, -0.15) is 0 Å². The Balaban J connectivity index is 1.86. The number of para-hydroxylation sites is 1. The van der Waals surface area contributed by atoms with Crippen LogP contribution >= 0.6 is 0 Å². The molecule has 4 nitrogen and oxygen atoms in total. The molecule has 2 aromatic carbocycles. The summed E-state index contributed by atoms with van der Waals surface area (Å²) >= 11 is 0. The van der Waals surface area contributed by atoms with Gasteiger partial charge in [-0.05, 0) is 49.6 Å². The highest BCUT2D eigenvalue weighted by Crippen LogP contribution is 2.11. The molecule has 0 atom stereocenters. The van der Waals surface area contributed by atoms with E-state index in [1.165, 1.54) is 12.1 Å². The molecule has 5 heteroatoms. The summed E-state index contributed by atoms with van der Waals surface area (Å²) in [5.74, 6) is -0.239.